The summed E-state index contributed by atoms with van der Waals surface area (Å²) >= 11 is 0. The Morgan fingerprint density at radius 1 is 1.36 bits per heavy atom. The van der Waals surface area contributed by atoms with E-state index in [1.807, 2.05) is 38.1 Å². The van der Waals surface area contributed by atoms with Crippen LogP contribution in [0.2, 0.25) is 0 Å². The third kappa shape index (κ3) is 4.31. The fourth-order valence-corrected chi connectivity index (χ4v) is 2.76. The van der Waals surface area contributed by atoms with Crippen LogP contribution >= 0.6 is 0 Å². The Bertz CT molecular complexity index is 541. The number of ether oxygens (including phenoxy) is 1. The average molecular weight is 305 g/mol. The van der Waals surface area contributed by atoms with Gasteiger partial charge in [-0.1, -0.05) is 38.1 Å². The summed E-state index contributed by atoms with van der Waals surface area (Å²) in [4.78, 5) is 23.4. The second-order valence-electron chi connectivity index (χ2n) is 6.10. The highest BCUT2D eigenvalue weighted by atomic mass is 16.5. The summed E-state index contributed by atoms with van der Waals surface area (Å²) in [6, 6.07) is 7.07. The summed E-state index contributed by atoms with van der Waals surface area (Å²) in [5, 5.41) is 11.8. The van der Waals surface area contributed by atoms with E-state index in [1.54, 1.807) is 0 Å². The topological polar surface area (TPSA) is 75.6 Å². The Hall–Kier alpha value is -1.88. The van der Waals surface area contributed by atoms with Crippen molar-refractivity contribution < 1.29 is 19.4 Å². The summed E-state index contributed by atoms with van der Waals surface area (Å²) < 4.78 is 5.69. The lowest BCUT2D eigenvalue weighted by Crippen LogP contribution is -2.42. The molecule has 0 aromatic heterocycles. The Morgan fingerprint density at radius 3 is 2.77 bits per heavy atom. The van der Waals surface area contributed by atoms with Gasteiger partial charge in [0.25, 0.3) is 0 Å². The molecule has 1 aromatic carbocycles. The zero-order chi connectivity index (χ0) is 16.1. The molecule has 2 N–H and O–H groups in total. The summed E-state index contributed by atoms with van der Waals surface area (Å²) in [5.74, 6) is -1.07. The van der Waals surface area contributed by atoms with E-state index in [4.69, 9.17) is 4.74 Å². The molecular formula is C17H23NO4. The van der Waals surface area contributed by atoms with Gasteiger partial charge in [0, 0.05) is 0 Å². The van der Waals surface area contributed by atoms with Gasteiger partial charge in [0.05, 0.1) is 19.1 Å². The quantitative estimate of drug-likeness (QED) is 0.845. The van der Waals surface area contributed by atoms with E-state index in [0.29, 0.717) is 13.0 Å². The van der Waals surface area contributed by atoms with Gasteiger partial charge in [0.1, 0.15) is 6.04 Å². The van der Waals surface area contributed by atoms with Gasteiger partial charge in [0.15, 0.2) is 0 Å². The SMILES string of the molecule is CC(C)C[C@@H](NC(=O)CC1OCCc2ccccc21)C(=O)O. The number of hydrogen-bond acceptors (Lipinski definition) is 3. The molecule has 0 fully saturated rings. The van der Waals surface area contributed by atoms with E-state index in [0.717, 1.165) is 12.0 Å². The van der Waals surface area contributed by atoms with Crippen LogP contribution < -0.4 is 5.32 Å². The molecule has 1 unspecified atom stereocenters. The van der Waals surface area contributed by atoms with Crippen molar-refractivity contribution >= 4 is 11.9 Å². The molecule has 22 heavy (non-hydrogen) atoms. The van der Waals surface area contributed by atoms with Gasteiger partial charge in [-0.2, -0.15) is 0 Å². The van der Waals surface area contributed by atoms with Crippen molar-refractivity contribution in [2.75, 3.05) is 6.61 Å². The maximum atomic E-state index is 12.2. The number of benzene rings is 1. The third-order valence-corrected chi connectivity index (χ3v) is 3.80. The second-order valence-corrected chi connectivity index (χ2v) is 6.10. The summed E-state index contributed by atoms with van der Waals surface area (Å²) in [5.41, 5.74) is 2.23. The minimum absolute atomic E-state index is 0.152. The van der Waals surface area contributed by atoms with E-state index in [9.17, 15) is 14.7 Å². The molecule has 120 valence electrons. The van der Waals surface area contributed by atoms with Gasteiger partial charge in [-0.3, -0.25) is 4.79 Å². The monoisotopic (exact) mass is 305 g/mol. The maximum Gasteiger partial charge on any atom is 0.326 e. The first-order chi connectivity index (χ1) is 10.5. The molecule has 1 aromatic rings. The van der Waals surface area contributed by atoms with Crippen molar-refractivity contribution in [3.8, 4) is 0 Å². The average Bonchev–Trinajstić information content (AvgIpc) is 2.46. The zero-order valence-electron chi connectivity index (χ0n) is 13.0. The van der Waals surface area contributed by atoms with Crippen molar-refractivity contribution in [2.45, 2.75) is 45.3 Å². The van der Waals surface area contributed by atoms with Crippen LogP contribution in [0.25, 0.3) is 0 Å². The van der Waals surface area contributed by atoms with E-state index < -0.39 is 12.0 Å². The lowest BCUT2D eigenvalue weighted by Gasteiger charge is -2.26. The van der Waals surface area contributed by atoms with Gasteiger partial charge < -0.3 is 15.2 Å². The van der Waals surface area contributed by atoms with E-state index in [2.05, 4.69) is 5.32 Å². The van der Waals surface area contributed by atoms with Crippen LogP contribution in [0.1, 0.15) is 43.9 Å². The predicted octanol–water partition coefficient (Wildman–Crippen LogP) is 2.31. The number of carboxylic acids is 1. The Labute approximate surface area is 130 Å². The molecule has 1 aliphatic heterocycles. The Balaban J connectivity index is 1.99. The normalized spacial score (nSPS) is 18.6. The lowest BCUT2D eigenvalue weighted by molar-refractivity contribution is -0.142. The van der Waals surface area contributed by atoms with E-state index in [-0.39, 0.29) is 24.3 Å². The molecule has 1 amide bonds. The standard InChI is InChI=1S/C17H23NO4/c1-11(2)9-14(17(20)21)18-16(19)10-15-13-6-4-3-5-12(13)7-8-22-15/h3-6,11,14-15H,7-10H2,1-2H3,(H,18,19)(H,20,21)/t14-,15?/m1/s1. The van der Waals surface area contributed by atoms with Crippen LogP contribution in [-0.2, 0) is 20.7 Å². The largest absolute Gasteiger partial charge is 0.480 e. The van der Waals surface area contributed by atoms with Crippen LogP contribution in [-0.4, -0.2) is 29.6 Å². The molecule has 1 aliphatic rings. The predicted molar refractivity (Wildman–Crippen MR) is 82.5 cm³/mol. The molecule has 0 saturated carbocycles. The molecule has 5 nitrogen and oxygen atoms in total. The molecule has 0 radical (unpaired) electrons. The molecule has 2 atom stereocenters. The smallest absolute Gasteiger partial charge is 0.326 e. The van der Waals surface area contributed by atoms with Gasteiger partial charge in [-0.15, -0.1) is 0 Å². The van der Waals surface area contributed by atoms with E-state index >= 15 is 0 Å². The van der Waals surface area contributed by atoms with Gasteiger partial charge in [0.2, 0.25) is 5.91 Å². The number of aliphatic carboxylic acids is 1. The fourth-order valence-electron chi connectivity index (χ4n) is 2.76. The van der Waals surface area contributed by atoms with Gasteiger partial charge >= 0.3 is 5.97 Å². The molecular weight excluding hydrogens is 282 g/mol. The summed E-state index contributed by atoms with van der Waals surface area (Å²) in [6.45, 7) is 4.45. The summed E-state index contributed by atoms with van der Waals surface area (Å²) in [6.07, 6.45) is 1.13. The first-order valence-electron chi connectivity index (χ1n) is 7.69. The third-order valence-electron chi connectivity index (χ3n) is 3.80. The number of carboxylic acid groups (broad SMARTS) is 1. The van der Waals surface area contributed by atoms with Crippen LogP contribution in [0.5, 0.6) is 0 Å². The van der Waals surface area contributed by atoms with Crippen LogP contribution in [0.4, 0.5) is 0 Å². The van der Waals surface area contributed by atoms with Crippen LogP contribution in [0.3, 0.4) is 0 Å². The highest BCUT2D eigenvalue weighted by Crippen LogP contribution is 2.29. The van der Waals surface area contributed by atoms with Crippen molar-refractivity contribution in [2.24, 2.45) is 5.92 Å². The number of nitrogens with one attached hydrogen (secondary N) is 1. The number of rotatable bonds is 6. The second kappa shape index (κ2) is 7.40. The highest BCUT2D eigenvalue weighted by molar-refractivity contribution is 5.83. The van der Waals surface area contributed by atoms with Crippen LogP contribution in [0, 0.1) is 5.92 Å². The minimum atomic E-state index is -0.994. The molecule has 0 bridgehead atoms. The first kappa shape index (κ1) is 16.5. The Kier molecular flexibility index (Phi) is 5.55. The fraction of sp³-hybridized carbons (Fsp3) is 0.529. The molecule has 5 heteroatoms. The summed E-state index contributed by atoms with van der Waals surface area (Å²) in [7, 11) is 0. The van der Waals surface area contributed by atoms with Crippen LogP contribution in [0.15, 0.2) is 24.3 Å². The number of carbonyl (C=O) groups is 2. The van der Waals surface area contributed by atoms with Crippen molar-refractivity contribution in [1.29, 1.82) is 0 Å². The Morgan fingerprint density at radius 2 is 2.09 bits per heavy atom. The molecule has 0 aliphatic carbocycles. The van der Waals surface area contributed by atoms with Crippen molar-refractivity contribution in [3.63, 3.8) is 0 Å². The molecule has 1 heterocycles. The van der Waals surface area contributed by atoms with Gasteiger partial charge in [-0.05, 0) is 29.9 Å². The van der Waals surface area contributed by atoms with Crippen molar-refractivity contribution in [1.82, 2.24) is 5.32 Å². The number of carbonyl (C=O) groups excluding carboxylic acids is 1. The van der Waals surface area contributed by atoms with Crippen molar-refractivity contribution in [3.05, 3.63) is 35.4 Å². The maximum absolute atomic E-state index is 12.2. The van der Waals surface area contributed by atoms with Gasteiger partial charge in [-0.25, -0.2) is 4.79 Å². The number of amides is 1. The number of fused-ring (bicyclic) bond motifs is 1. The molecule has 0 spiro atoms. The zero-order valence-corrected chi connectivity index (χ0v) is 13.0. The number of hydrogen-bond donors (Lipinski definition) is 2. The highest BCUT2D eigenvalue weighted by Gasteiger charge is 2.26. The molecule has 2 rings (SSSR count). The minimum Gasteiger partial charge on any atom is -0.480 e. The first-order valence-corrected chi connectivity index (χ1v) is 7.69. The lowest BCUT2D eigenvalue weighted by atomic mass is 9.95. The molecule has 0 saturated heterocycles. The van der Waals surface area contributed by atoms with E-state index in [1.165, 1.54) is 5.56 Å².